The first-order valence-electron chi connectivity index (χ1n) is 8.04. The van der Waals surface area contributed by atoms with Crippen LogP contribution in [0.25, 0.3) is 29.6 Å². The molecule has 2 aromatic heterocycles. The van der Waals surface area contributed by atoms with Crippen molar-refractivity contribution >= 4 is 52.2 Å². The van der Waals surface area contributed by atoms with Gasteiger partial charge >= 0.3 is 0 Å². The van der Waals surface area contributed by atoms with E-state index in [9.17, 15) is 0 Å². The van der Waals surface area contributed by atoms with Gasteiger partial charge in [0.2, 0.25) is 0 Å². The van der Waals surface area contributed by atoms with Gasteiger partial charge in [0.1, 0.15) is 0 Å². The van der Waals surface area contributed by atoms with Crippen molar-refractivity contribution in [3.63, 3.8) is 0 Å². The second kappa shape index (κ2) is 7.26. The predicted molar refractivity (Wildman–Crippen MR) is 107 cm³/mol. The Labute approximate surface area is 141 Å². The fourth-order valence-electron chi connectivity index (χ4n) is 2.47. The van der Waals surface area contributed by atoms with Gasteiger partial charge in [0.25, 0.3) is 0 Å². The summed E-state index contributed by atoms with van der Waals surface area (Å²) < 4.78 is 5.74. The van der Waals surface area contributed by atoms with Gasteiger partial charge in [-0.25, -0.2) is 0 Å². The van der Waals surface area contributed by atoms with Crippen molar-refractivity contribution in [1.29, 1.82) is 0 Å². The molecule has 0 fully saturated rings. The van der Waals surface area contributed by atoms with Gasteiger partial charge in [-0.2, -0.15) is 0 Å². The minimum absolute atomic E-state index is 1.34. The molecule has 0 unspecified atom stereocenters. The average molecular weight is 329 g/mol. The van der Waals surface area contributed by atoms with Crippen LogP contribution in [-0.2, 0) is 0 Å². The Kier molecular flexibility index (Phi) is 5.60. The first-order valence-corrected chi connectivity index (χ1v) is 9.68. The normalized spacial score (nSPS) is 10.3. The summed E-state index contributed by atoms with van der Waals surface area (Å²) in [4.78, 5) is 0. The van der Waals surface area contributed by atoms with Crippen LogP contribution in [0.1, 0.15) is 38.8 Å². The molecule has 0 saturated carbocycles. The van der Waals surface area contributed by atoms with E-state index in [1.165, 1.54) is 40.7 Å². The van der Waals surface area contributed by atoms with Crippen molar-refractivity contribution in [2.45, 2.75) is 41.5 Å². The van der Waals surface area contributed by atoms with Gasteiger partial charge in [0, 0.05) is 20.2 Å². The molecule has 0 atom stereocenters. The Morgan fingerprint density at radius 3 is 1.32 bits per heavy atom. The molecule has 0 radical (unpaired) electrons. The van der Waals surface area contributed by atoms with Gasteiger partial charge in [-0.15, -0.1) is 22.7 Å². The van der Waals surface area contributed by atoms with Gasteiger partial charge in [-0.1, -0.05) is 52.0 Å². The molecule has 2 heteroatoms. The fraction of sp³-hybridized carbons (Fsp3) is 0.300. The average Bonchev–Trinajstić information content (AvgIpc) is 3.05. The van der Waals surface area contributed by atoms with Crippen LogP contribution in [0.4, 0.5) is 0 Å². The highest BCUT2D eigenvalue weighted by atomic mass is 32.1. The Bertz CT molecular complexity index is 818. The smallest absolute Gasteiger partial charge is 0.0542 e. The summed E-state index contributed by atoms with van der Waals surface area (Å²) in [6, 6.07) is 13.6. The largest absolute Gasteiger partial charge is 0.134 e. The predicted octanol–water partition coefficient (Wildman–Crippen LogP) is 7.94. The molecular formula is C20H24S2. The van der Waals surface area contributed by atoms with Crippen LogP contribution in [-0.4, -0.2) is 0 Å². The number of benzene rings is 2. The number of hydrogen-bond donors (Lipinski definition) is 0. The second-order valence-corrected chi connectivity index (χ2v) is 6.97. The van der Waals surface area contributed by atoms with Crippen LogP contribution in [0, 0.1) is 13.8 Å². The molecule has 4 rings (SSSR count). The third kappa shape index (κ3) is 2.90. The summed E-state index contributed by atoms with van der Waals surface area (Å²) >= 11 is 3.86. The topological polar surface area (TPSA) is 0 Å². The van der Waals surface area contributed by atoms with Gasteiger partial charge in [0.15, 0.2) is 0 Å². The summed E-state index contributed by atoms with van der Waals surface area (Å²) in [7, 11) is 0. The van der Waals surface area contributed by atoms with Crippen molar-refractivity contribution < 1.29 is 0 Å². The highest BCUT2D eigenvalue weighted by molar-refractivity contribution is 7.36. The van der Waals surface area contributed by atoms with Gasteiger partial charge in [-0.05, 0) is 37.1 Å². The molecule has 0 aliphatic carbocycles. The molecule has 0 saturated heterocycles. The van der Waals surface area contributed by atoms with E-state index < -0.39 is 0 Å². The van der Waals surface area contributed by atoms with Crippen LogP contribution in [0.3, 0.4) is 0 Å². The third-order valence-electron chi connectivity index (χ3n) is 3.39. The minimum atomic E-state index is 1.34. The van der Waals surface area contributed by atoms with E-state index in [0.717, 1.165) is 0 Å². The van der Waals surface area contributed by atoms with Crippen LogP contribution in [0.5, 0.6) is 0 Å². The molecule has 2 aromatic carbocycles. The lowest BCUT2D eigenvalue weighted by Gasteiger charge is -1.93. The molecule has 0 N–H and O–H groups in total. The fourth-order valence-corrected chi connectivity index (χ4v) is 5.32. The number of hydrogen-bond acceptors (Lipinski definition) is 2. The van der Waals surface area contributed by atoms with Gasteiger partial charge in [-0.3, -0.25) is 0 Å². The van der Waals surface area contributed by atoms with E-state index in [4.69, 9.17) is 0 Å². The second-order valence-electron chi connectivity index (χ2n) is 4.86. The highest BCUT2D eigenvalue weighted by Crippen LogP contribution is 2.44. The standard InChI is InChI=1S/C16H12S2.2C2H6/c1-9-3-5-11-13(7-9)17-16-12-6-4-10(2)8-14(12)18-15(11)16;2*1-2/h3-8H,1-2H3;2*1-2H3. The molecule has 0 spiro atoms. The van der Waals surface area contributed by atoms with Crippen LogP contribution < -0.4 is 0 Å². The molecule has 0 aliphatic rings. The lowest BCUT2D eigenvalue weighted by atomic mass is 10.1. The number of thiophene rings is 2. The van der Waals surface area contributed by atoms with Crippen LogP contribution in [0.2, 0.25) is 0 Å². The van der Waals surface area contributed by atoms with Crippen molar-refractivity contribution in [1.82, 2.24) is 0 Å². The first-order chi connectivity index (χ1) is 10.7. The number of fused-ring (bicyclic) bond motifs is 5. The molecule has 0 amide bonds. The summed E-state index contributed by atoms with van der Waals surface area (Å²) in [6.45, 7) is 12.3. The van der Waals surface area contributed by atoms with Crippen molar-refractivity contribution in [2.24, 2.45) is 0 Å². The van der Waals surface area contributed by atoms with Gasteiger partial charge in [0.05, 0.1) is 9.40 Å². The SMILES string of the molecule is CC.CC.Cc1ccc2c(c1)sc1c3ccc(C)cc3sc21. The zero-order valence-electron chi connectivity index (χ0n) is 14.3. The molecule has 0 aliphatic heterocycles. The van der Waals surface area contributed by atoms with E-state index in [-0.39, 0.29) is 0 Å². The molecule has 0 nitrogen and oxygen atoms in total. The molecule has 0 bridgehead atoms. The molecule has 116 valence electrons. The Morgan fingerprint density at radius 1 is 0.591 bits per heavy atom. The highest BCUT2D eigenvalue weighted by Gasteiger charge is 2.11. The monoisotopic (exact) mass is 328 g/mol. The quantitative estimate of drug-likeness (QED) is 0.307. The van der Waals surface area contributed by atoms with Crippen LogP contribution >= 0.6 is 22.7 Å². The molecule has 4 aromatic rings. The Balaban J connectivity index is 0.000000410. The Morgan fingerprint density at radius 2 is 0.955 bits per heavy atom. The third-order valence-corrected chi connectivity index (χ3v) is 5.89. The zero-order valence-corrected chi connectivity index (χ0v) is 15.9. The van der Waals surface area contributed by atoms with E-state index in [1.54, 1.807) is 0 Å². The van der Waals surface area contributed by atoms with Crippen molar-refractivity contribution in [2.75, 3.05) is 0 Å². The lowest BCUT2D eigenvalue weighted by molar-refractivity contribution is 1.50. The first kappa shape index (κ1) is 17.0. The number of aryl methyl sites for hydroxylation is 2. The summed E-state index contributed by atoms with van der Waals surface area (Å²) in [6.07, 6.45) is 0. The van der Waals surface area contributed by atoms with Crippen LogP contribution in [0.15, 0.2) is 36.4 Å². The summed E-state index contributed by atoms with van der Waals surface area (Å²) in [5.74, 6) is 0. The molecular weight excluding hydrogens is 304 g/mol. The number of rotatable bonds is 0. The van der Waals surface area contributed by atoms with E-state index in [1.807, 2.05) is 50.4 Å². The Hall–Kier alpha value is -1.38. The van der Waals surface area contributed by atoms with E-state index >= 15 is 0 Å². The zero-order chi connectivity index (χ0) is 16.3. The lowest BCUT2D eigenvalue weighted by Crippen LogP contribution is -1.68. The van der Waals surface area contributed by atoms with E-state index in [0.29, 0.717) is 0 Å². The summed E-state index contributed by atoms with van der Waals surface area (Å²) in [5, 5.41) is 2.83. The minimum Gasteiger partial charge on any atom is -0.134 e. The van der Waals surface area contributed by atoms with Crippen molar-refractivity contribution in [3.05, 3.63) is 47.5 Å². The summed E-state index contributed by atoms with van der Waals surface area (Å²) in [5.41, 5.74) is 2.69. The maximum absolute atomic E-state index is 2.30. The molecule has 2 heterocycles. The maximum Gasteiger partial charge on any atom is 0.0542 e. The van der Waals surface area contributed by atoms with Gasteiger partial charge < -0.3 is 0 Å². The van der Waals surface area contributed by atoms with Crippen molar-refractivity contribution in [3.8, 4) is 0 Å². The molecule has 22 heavy (non-hydrogen) atoms. The van der Waals surface area contributed by atoms with E-state index in [2.05, 4.69) is 50.2 Å². The maximum atomic E-state index is 2.30.